The van der Waals surface area contributed by atoms with Crippen LogP contribution in [0, 0.1) is 0 Å². The minimum atomic E-state index is -0.317. The van der Waals surface area contributed by atoms with Crippen LogP contribution in [-0.4, -0.2) is 21.0 Å². The fourth-order valence-electron chi connectivity index (χ4n) is 3.49. The lowest BCUT2D eigenvalue weighted by atomic mass is 9.85. The molecule has 0 atom stereocenters. The van der Waals surface area contributed by atoms with Crippen LogP contribution in [0.15, 0.2) is 42.9 Å². The number of carbonyl (C=O) groups excluding carboxylic acids is 1. The summed E-state index contributed by atoms with van der Waals surface area (Å²) >= 11 is 0. The summed E-state index contributed by atoms with van der Waals surface area (Å²) in [5, 5.41) is 6.48. The van der Waals surface area contributed by atoms with E-state index in [1.54, 1.807) is 12.4 Å². The first-order valence-electron chi connectivity index (χ1n) is 8.75. The van der Waals surface area contributed by atoms with Crippen LogP contribution in [0.4, 0.5) is 16.3 Å². The van der Waals surface area contributed by atoms with Crippen molar-refractivity contribution in [3.63, 3.8) is 0 Å². The fourth-order valence-corrected chi connectivity index (χ4v) is 3.49. The van der Waals surface area contributed by atoms with E-state index in [2.05, 4.69) is 31.7 Å². The summed E-state index contributed by atoms with van der Waals surface area (Å²) in [4.78, 5) is 23.8. The highest BCUT2D eigenvalue weighted by Gasteiger charge is 2.16. The monoisotopic (exact) mass is 335 g/mol. The molecular formula is C19H21N5O. The maximum absolute atomic E-state index is 12.2. The van der Waals surface area contributed by atoms with Gasteiger partial charge in [0.2, 0.25) is 0 Å². The summed E-state index contributed by atoms with van der Waals surface area (Å²) in [6, 6.07) is 7.38. The van der Waals surface area contributed by atoms with Crippen LogP contribution in [0.5, 0.6) is 0 Å². The summed E-state index contributed by atoms with van der Waals surface area (Å²) in [5.74, 6) is 1.16. The van der Waals surface area contributed by atoms with Gasteiger partial charge in [0.05, 0.1) is 5.69 Å². The number of hydrogen-bond acceptors (Lipinski definition) is 3. The largest absolute Gasteiger partial charge is 0.344 e. The zero-order valence-corrected chi connectivity index (χ0v) is 14.0. The molecule has 6 heteroatoms. The summed E-state index contributed by atoms with van der Waals surface area (Å²) < 4.78 is 0. The second kappa shape index (κ2) is 6.93. The molecule has 0 radical (unpaired) electrons. The molecule has 0 saturated heterocycles. The number of nitrogens with zero attached hydrogens (tertiary/aromatic N) is 2. The lowest BCUT2D eigenvalue weighted by Crippen LogP contribution is -2.20. The Morgan fingerprint density at radius 1 is 1.08 bits per heavy atom. The van der Waals surface area contributed by atoms with Gasteiger partial charge in [-0.1, -0.05) is 25.3 Å². The second-order valence-electron chi connectivity index (χ2n) is 6.49. The number of pyridine rings is 2. The molecule has 0 spiro atoms. The van der Waals surface area contributed by atoms with E-state index in [1.165, 1.54) is 37.7 Å². The Hall–Kier alpha value is -2.89. The first-order chi connectivity index (χ1) is 12.3. The molecule has 25 heavy (non-hydrogen) atoms. The number of aromatic amines is 1. The number of carbonyl (C=O) groups is 1. The average Bonchev–Trinajstić information content (AvgIpc) is 3.06. The molecule has 2 amide bonds. The fraction of sp³-hybridized carbons (Fsp3) is 0.316. The van der Waals surface area contributed by atoms with Crippen molar-refractivity contribution in [1.82, 2.24) is 15.0 Å². The lowest BCUT2D eigenvalue weighted by molar-refractivity contribution is 0.262. The van der Waals surface area contributed by atoms with Crippen LogP contribution in [0.1, 0.15) is 43.6 Å². The van der Waals surface area contributed by atoms with Crippen molar-refractivity contribution in [2.24, 2.45) is 0 Å². The Labute approximate surface area is 146 Å². The van der Waals surface area contributed by atoms with Crippen molar-refractivity contribution in [2.75, 3.05) is 10.6 Å². The first-order valence-corrected chi connectivity index (χ1v) is 8.75. The number of fused-ring (bicyclic) bond motifs is 1. The lowest BCUT2D eigenvalue weighted by Gasteiger charge is -2.21. The van der Waals surface area contributed by atoms with Gasteiger partial charge in [-0.3, -0.25) is 5.32 Å². The number of anilines is 2. The van der Waals surface area contributed by atoms with Gasteiger partial charge >= 0.3 is 6.03 Å². The van der Waals surface area contributed by atoms with Crippen molar-refractivity contribution >= 4 is 28.6 Å². The van der Waals surface area contributed by atoms with Crippen molar-refractivity contribution < 1.29 is 4.79 Å². The van der Waals surface area contributed by atoms with Crippen molar-refractivity contribution in [3.8, 4) is 0 Å². The molecule has 0 aliphatic heterocycles. The molecule has 1 fully saturated rings. The predicted octanol–water partition coefficient (Wildman–Crippen LogP) is 4.65. The molecule has 1 saturated carbocycles. The third-order valence-electron chi connectivity index (χ3n) is 4.80. The molecule has 3 N–H and O–H groups in total. The van der Waals surface area contributed by atoms with E-state index < -0.39 is 0 Å². The summed E-state index contributed by atoms with van der Waals surface area (Å²) in [6.45, 7) is 0. The third-order valence-corrected chi connectivity index (χ3v) is 4.80. The number of amides is 2. The quantitative estimate of drug-likeness (QED) is 0.651. The zero-order chi connectivity index (χ0) is 17.1. The van der Waals surface area contributed by atoms with E-state index in [9.17, 15) is 4.79 Å². The summed E-state index contributed by atoms with van der Waals surface area (Å²) in [7, 11) is 0. The molecular weight excluding hydrogens is 314 g/mol. The van der Waals surface area contributed by atoms with Gasteiger partial charge in [-0.2, -0.15) is 0 Å². The second-order valence-corrected chi connectivity index (χ2v) is 6.49. The van der Waals surface area contributed by atoms with Crippen LogP contribution in [0.2, 0.25) is 0 Å². The van der Waals surface area contributed by atoms with E-state index in [0.717, 1.165) is 11.0 Å². The third kappa shape index (κ3) is 3.47. The molecule has 6 nitrogen and oxygen atoms in total. The molecule has 0 aromatic carbocycles. The highest BCUT2D eigenvalue weighted by atomic mass is 16.2. The predicted molar refractivity (Wildman–Crippen MR) is 98.8 cm³/mol. The Bertz CT molecular complexity index is 865. The van der Waals surface area contributed by atoms with Gasteiger partial charge in [-0.25, -0.2) is 14.8 Å². The molecule has 0 unspecified atom stereocenters. The van der Waals surface area contributed by atoms with Crippen LogP contribution in [-0.2, 0) is 0 Å². The number of urea groups is 1. The molecule has 3 heterocycles. The van der Waals surface area contributed by atoms with Crippen LogP contribution >= 0.6 is 0 Å². The molecule has 4 rings (SSSR count). The molecule has 3 aromatic heterocycles. The molecule has 128 valence electrons. The van der Waals surface area contributed by atoms with Gasteiger partial charge in [0, 0.05) is 24.0 Å². The Kier molecular flexibility index (Phi) is 4.33. The smallest absolute Gasteiger partial charge is 0.324 e. The van der Waals surface area contributed by atoms with E-state index >= 15 is 0 Å². The highest BCUT2D eigenvalue weighted by molar-refractivity contribution is 6.04. The van der Waals surface area contributed by atoms with E-state index in [1.807, 2.05) is 24.4 Å². The van der Waals surface area contributed by atoms with E-state index in [0.29, 0.717) is 17.4 Å². The Morgan fingerprint density at radius 2 is 1.96 bits per heavy atom. The van der Waals surface area contributed by atoms with Crippen molar-refractivity contribution in [3.05, 3.63) is 48.4 Å². The number of aromatic nitrogens is 3. The molecule has 1 aliphatic rings. The van der Waals surface area contributed by atoms with E-state index in [-0.39, 0.29) is 6.03 Å². The summed E-state index contributed by atoms with van der Waals surface area (Å²) in [6.07, 6.45) is 11.7. The minimum Gasteiger partial charge on any atom is -0.344 e. The summed E-state index contributed by atoms with van der Waals surface area (Å²) in [5.41, 5.74) is 2.71. The van der Waals surface area contributed by atoms with Crippen LogP contribution in [0.3, 0.4) is 0 Å². The zero-order valence-electron chi connectivity index (χ0n) is 14.0. The highest BCUT2D eigenvalue weighted by Crippen LogP contribution is 2.32. The van der Waals surface area contributed by atoms with Gasteiger partial charge in [-0.15, -0.1) is 0 Å². The van der Waals surface area contributed by atoms with Gasteiger partial charge < -0.3 is 10.3 Å². The van der Waals surface area contributed by atoms with Crippen LogP contribution < -0.4 is 10.6 Å². The normalized spacial score (nSPS) is 15.2. The van der Waals surface area contributed by atoms with Crippen molar-refractivity contribution in [1.29, 1.82) is 0 Å². The topological polar surface area (TPSA) is 82.7 Å². The molecule has 1 aliphatic carbocycles. The Balaban J connectivity index is 1.40. The van der Waals surface area contributed by atoms with Gasteiger partial charge in [0.1, 0.15) is 11.5 Å². The number of nitrogens with one attached hydrogen (secondary N) is 3. The number of hydrogen-bond donors (Lipinski definition) is 3. The van der Waals surface area contributed by atoms with Gasteiger partial charge in [0.15, 0.2) is 0 Å². The minimum absolute atomic E-state index is 0.317. The first kappa shape index (κ1) is 15.6. The SMILES string of the molecule is O=C(Nc1ccc(C2CCCCC2)cn1)Nc1c[nH]c2ncccc12. The molecule has 0 bridgehead atoms. The average molecular weight is 335 g/mol. The van der Waals surface area contributed by atoms with Crippen LogP contribution in [0.25, 0.3) is 11.0 Å². The maximum atomic E-state index is 12.2. The number of H-pyrrole nitrogens is 1. The standard InChI is InChI=1S/C19H21N5O/c25-19(23-16-12-22-18-15(16)7-4-10-20-18)24-17-9-8-14(11-21-17)13-5-2-1-3-6-13/h4,7-13H,1-3,5-6H2,(H,20,22)(H2,21,23,24,25). The molecule has 3 aromatic rings. The van der Waals surface area contributed by atoms with Gasteiger partial charge in [0.25, 0.3) is 0 Å². The number of rotatable bonds is 3. The van der Waals surface area contributed by atoms with E-state index in [4.69, 9.17) is 0 Å². The maximum Gasteiger partial charge on any atom is 0.324 e. The Morgan fingerprint density at radius 3 is 2.76 bits per heavy atom. The van der Waals surface area contributed by atoms with Crippen molar-refractivity contribution in [2.45, 2.75) is 38.0 Å². The van der Waals surface area contributed by atoms with Gasteiger partial charge in [-0.05, 0) is 42.5 Å².